The van der Waals surface area contributed by atoms with Crippen molar-refractivity contribution < 1.29 is 38.0 Å². The van der Waals surface area contributed by atoms with Crippen LogP contribution in [-0.2, 0) is 25.6 Å². The monoisotopic (exact) mass is 653 g/mol. The fourth-order valence-corrected chi connectivity index (χ4v) is 5.46. The molecule has 1 fully saturated rings. The SMILES string of the molecule is C#C[C@]1(COC(=O)OCc2ccc(OC(=O)CCCCCCCCCCCCC)cc2)O[C@@H](n2cnc3c(N)nc(F)nc32)C[C@@H]1O. The highest BCUT2D eigenvalue weighted by atomic mass is 19.1. The average molecular weight is 654 g/mol. The third-order valence-electron chi connectivity index (χ3n) is 8.19. The highest BCUT2D eigenvalue weighted by molar-refractivity contribution is 5.81. The smallest absolute Gasteiger partial charge is 0.430 e. The van der Waals surface area contributed by atoms with E-state index in [2.05, 4.69) is 27.8 Å². The van der Waals surface area contributed by atoms with Gasteiger partial charge in [0.1, 0.15) is 31.3 Å². The minimum Gasteiger partial charge on any atom is -0.430 e. The van der Waals surface area contributed by atoms with Crippen molar-refractivity contribution in [3.8, 4) is 18.1 Å². The molecule has 0 aliphatic carbocycles. The standard InChI is InChI=1S/C34H44FN5O7/c1-3-5-6-7-8-9-10-11-12-13-14-15-28(42)46-25-18-16-24(17-19-25)21-44-33(43)45-22-34(4-2)26(41)20-27(47-34)40-23-37-29-30(36)38-32(35)39-31(29)40/h2,16-19,23,26-27,41H,3,5-15,20-22H2,1H3,(H2,36,38,39)/t26-,27+,34+/m0/s1. The Morgan fingerprint density at radius 3 is 2.38 bits per heavy atom. The van der Waals surface area contributed by atoms with Crippen molar-refractivity contribution in [3.63, 3.8) is 0 Å². The first-order valence-corrected chi connectivity index (χ1v) is 16.3. The number of halogens is 1. The van der Waals surface area contributed by atoms with Crippen LogP contribution < -0.4 is 10.5 Å². The Bertz CT molecular complexity index is 1510. The maximum Gasteiger partial charge on any atom is 0.508 e. The number of hydrogen-bond acceptors (Lipinski definition) is 11. The molecular weight excluding hydrogens is 609 g/mol. The molecule has 3 aromatic rings. The minimum atomic E-state index is -1.70. The van der Waals surface area contributed by atoms with Crippen LogP contribution in [0, 0.1) is 18.4 Å². The number of hydrogen-bond donors (Lipinski definition) is 2. The van der Waals surface area contributed by atoms with E-state index in [0.29, 0.717) is 17.7 Å². The van der Waals surface area contributed by atoms with Gasteiger partial charge in [0.15, 0.2) is 22.6 Å². The number of imidazole rings is 1. The number of esters is 1. The quantitative estimate of drug-likeness (QED) is 0.0532. The Kier molecular flexibility index (Phi) is 13.3. The van der Waals surface area contributed by atoms with Crippen LogP contribution in [0.4, 0.5) is 15.0 Å². The Labute approximate surface area is 274 Å². The van der Waals surface area contributed by atoms with Gasteiger partial charge in [0, 0.05) is 12.8 Å². The number of anilines is 1. The lowest BCUT2D eigenvalue weighted by molar-refractivity contribution is -0.134. The topological polar surface area (TPSA) is 161 Å². The lowest BCUT2D eigenvalue weighted by Gasteiger charge is -2.25. The fraction of sp³-hybridized carbons (Fsp3) is 0.559. The molecule has 3 N–H and O–H groups in total. The van der Waals surface area contributed by atoms with E-state index in [1.165, 1.54) is 62.3 Å². The summed E-state index contributed by atoms with van der Waals surface area (Å²) in [5.41, 5.74) is 4.88. The zero-order valence-corrected chi connectivity index (χ0v) is 26.9. The third kappa shape index (κ3) is 10.1. The number of fused-ring (bicyclic) bond motifs is 1. The summed E-state index contributed by atoms with van der Waals surface area (Å²) in [6, 6.07) is 6.60. The molecule has 1 saturated heterocycles. The number of nitrogen functional groups attached to an aromatic ring is 1. The highest BCUT2D eigenvalue weighted by Crippen LogP contribution is 2.38. The molecule has 0 bridgehead atoms. The molecule has 0 saturated carbocycles. The number of nitrogens with two attached hydrogens (primary N) is 1. The van der Waals surface area contributed by atoms with Crippen molar-refractivity contribution in [1.29, 1.82) is 0 Å². The first-order chi connectivity index (χ1) is 22.7. The van der Waals surface area contributed by atoms with Crippen LogP contribution in [-0.4, -0.2) is 55.1 Å². The number of rotatable bonds is 18. The second-order valence-corrected chi connectivity index (χ2v) is 11.8. The summed E-state index contributed by atoms with van der Waals surface area (Å²) in [4.78, 5) is 35.8. The second-order valence-electron chi connectivity index (χ2n) is 11.8. The minimum absolute atomic E-state index is 0.0180. The number of unbranched alkanes of at least 4 members (excludes halogenated alkanes) is 10. The first kappa shape index (κ1) is 35.6. The first-order valence-electron chi connectivity index (χ1n) is 16.3. The number of terminal acetylenes is 1. The predicted molar refractivity (Wildman–Crippen MR) is 171 cm³/mol. The van der Waals surface area contributed by atoms with Crippen LogP contribution in [0.25, 0.3) is 11.2 Å². The second kappa shape index (κ2) is 17.6. The van der Waals surface area contributed by atoms with Crippen molar-refractivity contribution in [3.05, 3.63) is 42.2 Å². The molecule has 0 unspecified atom stereocenters. The van der Waals surface area contributed by atoms with E-state index >= 15 is 0 Å². The van der Waals surface area contributed by atoms with Crippen LogP contribution in [0.3, 0.4) is 0 Å². The molecule has 2 aromatic heterocycles. The Hall–Kier alpha value is -4.28. The molecule has 4 rings (SSSR count). The van der Waals surface area contributed by atoms with Gasteiger partial charge in [-0.15, -0.1) is 6.42 Å². The molecule has 0 amide bonds. The molecule has 1 aromatic carbocycles. The van der Waals surface area contributed by atoms with Crippen molar-refractivity contribution in [2.24, 2.45) is 0 Å². The number of nitrogens with zero attached hydrogens (tertiary/aromatic N) is 4. The number of ether oxygens (including phenoxy) is 4. The van der Waals surface area contributed by atoms with Crippen molar-refractivity contribution in [2.75, 3.05) is 12.3 Å². The van der Waals surface area contributed by atoms with Gasteiger partial charge in [0.25, 0.3) is 0 Å². The third-order valence-corrected chi connectivity index (χ3v) is 8.19. The van der Waals surface area contributed by atoms with Crippen molar-refractivity contribution in [2.45, 2.75) is 115 Å². The van der Waals surface area contributed by atoms with Crippen LogP contribution >= 0.6 is 0 Å². The van der Waals surface area contributed by atoms with Crippen LogP contribution in [0.2, 0.25) is 0 Å². The lowest BCUT2D eigenvalue weighted by atomic mass is 9.99. The Morgan fingerprint density at radius 2 is 1.72 bits per heavy atom. The number of aromatic nitrogens is 4. The van der Waals surface area contributed by atoms with Gasteiger partial charge in [0.05, 0.1) is 6.33 Å². The molecule has 3 atom stereocenters. The van der Waals surface area contributed by atoms with E-state index in [-0.39, 0.29) is 36.0 Å². The number of benzene rings is 1. The molecular formula is C34H44FN5O7. The molecule has 1 aliphatic rings. The number of carbonyl (C=O) groups is 2. The van der Waals surface area contributed by atoms with Gasteiger partial charge < -0.3 is 29.8 Å². The Morgan fingerprint density at radius 1 is 1.06 bits per heavy atom. The van der Waals surface area contributed by atoms with Gasteiger partial charge in [-0.05, 0) is 24.1 Å². The maximum absolute atomic E-state index is 13.8. The van der Waals surface area contributed by atoms with E-state index in [1.54, 1.807) is 24.3 Å². The van der Waals surface area contributed by atoms with E-state index < -0.39 is 36.8 Å². The predicted octanol–water partition coefficient (Wildman–Crippen LogP) is 6.16. The highest BCUT2D eigenvalue weighted by Gasteiger charge is 2.49. The van der Waals surface area contributed by atoms with Gasteiger partial charge in [-0.3, -0.25) is 9.36 Å². The van der Waals surface area contributed by atoms with Gasteiger partial charge in [-0.1, -0.05) is 89.2 Å². The molecule has 254 valence electrons. The zero-order valence-electron chi connectivity index (χ0n) is 26.9. The molecule has 3 heterocycles. The summed E-state index contributed by atoms with van der Waals surface area (Å²) < 4.78 is 36.8. The summed E-state index contributed by atoms with van der Waals surface area (Å²) in [7, 11) is 0. The van der Waals surface area contributed by atoms with E-state index in [1.807, 2.05) is 0 Å². The van der Waals surface area contributed by atoms with E-state index in [0.717, 1.165) is 19.3 Å². The summed E-state index contributed by atoms with van der Waals surface area (Å²) in [6.45, 7) is 1.61. The summed E-state index contributed by atoms with van der Waals surface area (Å²) in [6.07, 6.45) is 16.5. The largest absolute Gasteiger partial charge is 0.508 e. The molecule has 47 heavy (non-hydrogen) atoms. The summed E-state index contributed by atoms with van der Waals surface area (Å²) in [5.74, 6) is 2.34. The van der Waals surface area contributed by atoms with Gasteiger partial charge in [0.2, 0.25) is 0 Å². The van der Waals surface area contributed by atoms with Gasteiger partial charge in [-0.25, -0.2) is 9.78 Å². The lowest BCUT2D eigenvalue weighted by Crippen LogP contribution is -2.43. The number of carbonyl (C=O) groups excluding carboxylic acids is 2. The van der Waals surface area contributed by atoms with E-state index in [4.69, 9.17) is 31.1 Å². The van der Waals surface area contributed by atoms with Crippen molar-refractivity contribution >= 4 is 29.1 Å². The molecule has 13 heteroatoms. The Balaban J connectivity index is 1.13. The van der Waals surface area contributed by atoms with Crippen LogP contribution in [0.1, 0.15) is 102 Å². The normalized spacial score (nSPS) is 19.0. The van der Waals surface area contributed by atoms with Gasteiger partial charge >= 0.3 is 18.2 Å². The fourth-order valence-electron chi connectivity index (χ4n) is 5.46. The zero-order chi connectivity index (χ0) is 33.6. The average Bonchev–Trinajstić information content (AvgIpc) is 3.63. The summed E-state index contributed by atoms with van der Waals surface area (Å²) >= 11 is 0. The molecule has 0 radical (unpaired) electrons. The maximum atomic E-state index is 13.8. The summed E-state index contributed by atoms with van der Waals surface area (Å²) in [5, 5.41) is 10.7. The molecule has 1 aliphatic heterocycles. The number of aliphatic hydroxyl groups is 1. The van der Waals surface area contributed by atoms with Gasteiger partial charge in [-0.2, -0.15) is 14.4 Å². The van der Waals surface area contributed by atoms with Crippen molar-refractivity contribution in [1.82, 2.24) is 19.5 Å². The molecule has 0 spiro atoms. The molecule has 12 nitrogen and oxygen atoms in total. The van der Waals surface area contributed by atoms with Crippen LogP contribution in [0.15, 0.2) is 30.6 Å². The van der Waals surface area contributed by atoms with Crippen LogP contribution in [0.5, 0.6) is 5.75 Å². The van der Waals surface area contributed by atoms with E-state index in [9.17, 15) is 19.1 Å². The number of aliphatic hydroxyl groups excluding tert-OH is 1.